The summed E-state index contributed by atoms with van der Waals surface area (Å²) in [4.78, 5) is 0. The van der Waals surface area contributed by atoms with Crippen molar-refractivity contribution in [3.63, 3.8) is 0 Å². The second-order valence-corrected chi connectivity index (χ2v) is 5.90. The quantitative estimate of drug-likeness (QED) is 0.793. The first-order valence-corrected chi connectivity index (χ1v) is 6.72. The van der Waals surface area contributed by atoms with Gasteiger partial charge in [-0.25, -0.2) is 0 Å². The number of hydrogen-bond acceptors (Lipinski definition) is 2. The summed E-state index contributed by atoms with van der Waals surface area (Å²) in [5.41, 5.74) is 0.461. The molecule has 2 heteroatoms. The molecule has 16 heavy (non-hydrogen) atoms. The number of ether oxygens (including phenoxy) is 1. The van der Waals surface area contributed by atoms with Gasteiger partial charge in [0.15, 0.2) is 0 Å². The summed E-state index contributed by atoms with van der Waals surface area (Å²) in [7, 11) is 0. The van der Waals surface area contributed by atoms with E-state index in [1.807, 2.05) is 6.26 Å². The van der Waals surface area contributed by atoms with Crippen molar-refractivity contribution in [2.45, 2.75) is 64.5 Å². The van der Waals surface area contributed by atoms with Crippen LogP contribution in [0.1, 0.15) is 52.4 Å². The zero-order valence-corrected chi connectivity index (χ0v) is 10.7. The maximum absolute atomic E-state index is 5.59. The third-order valence-corrected chi connectivity index (χ3v) is 4.12. The second kappa shape index (κ2) is 5.22. The summed E-state index contributed by atoms with van der Waals surface area (Å²) >= 11 is 0. The Kier molecular flexibility index (Phi) is 3.91. The molecule has 0 aromatic rings. The minimum Gasteiger partial charge on any atom is -0.497 e. The lowest BCUT2D eigenvalue weighted by Crippen LogP contribution is -2.47. The summed E-state index contributed by atoms with van der Waals surface area (Å²) in [6.45, 7) is 5.80. The lowest BCUT2D eigenvalue weighted by molar-refractivity contribution is 0.0987. The van der Waals surface area contributed by atoms with Crippen LogP contribution in [0.3, 0.4) is 0 Å². The van der Waals surface area contributed by atoms with Gasteiger partial charge < -0.3 is 10.1 Å². The molecule has 1 fully saturated rings. The monoisotopic (exact) mass is 223 g/mol. The molecule has 2 atom stereocenters. The molecule has 0 saturated heterocycles. The average molecular weight is 223 g/mol. The third-order valence-electron chi connectivity index (χ3n) is 4.12. The Morgan fingerprint density at radius 1 is 1.31 bits per heavy atom. The van der Waals surface area contributed by atoms with E-state index in [1.165, 1.54) is 32.1 Å². The van der Waals surface area contributed by atoms with E-state index in [1.54, 1.807) is 0 Å². The zero-order chi connectivity index (χ0) is 11.4. The van der Waals surface area contributed by atoms with Gasteiger partial charge in [-0.05, 0) is 37.2 Å². The molecule has 1 N–H and O–H groups in total. The third kappa shape index (κ3) is 3.00. The molecule has 1 heterocycles. The number of nitrogens with one attached hydrogen (secondary N) is 1. The normalized spacial score (nSPS) is 33.4. The topological polar surface area (TPSA) is 21.3 Å². The van der Waals surface area contributed by atoms with Crippen LogP contribution in [0, 0.1) is 5.41 Å². The van der Waals surface area contributed by atoms with Crippen molar-refractivity contribution in [3.8, 4) is 0 Å². The molecule has 0 bridgehead atoms. The fourth-order valence-electron chi connectivity index (χ4n) is 2.88. The van der Waals surface area contributed by atoms with E-state index in [0.717, 1.165) is 13.0 Å². The van der Waals surface area contributed by atoms with Crippen molar-refractivity contribution in [1.82, 2.24) is 5.32 Å². The van der Waals surface area contributed by atoms with Crippen molar-refractivity contribution in [1.29, 1.82) is 0 Å². The summed E-state index contributed by atoms with van der Waals surface area (Å²) in [6.07, 6.45) is 12.2. The van der Waals surface area contributed by atoms with Crippen LogP contribution in [-0.4, -0.2) is 18.7 Å². The molecule has 92 valence electrons. The number of allylic oxidation sites excluding steroid dienone is 1. The van der Waals surface area contributed by atoms with E-state index in [-0.39, 0.29) is 0 Å². The van der Waals surface area contributed by atoms with E-state index < -0.39 is 0 Å². The second-order valence-electron chi connectivity index (χ2n) is 5.90. The predicted octanol–water partition coefficient (Wildman–Crippen LogP) is 3.24. The van der Waals surface area contributed by atoms with Gasteiger partial charge in [0.25, 0.3) is 0 Å². The standard InChI is InChI=1S/C14H25NO/c1-14(2)9-5-3-8-13(14)15-11-12-7-4-6-10-16-12/h6,10,12-13,15H,3-5,7-9,11H2,1-2H3. The average Bonchev–Trinajstić information content (AvgIpc) is 2.28. The van der Waals surface area contributed by atoms with Gasteiger partial charge in [0.2, 0.25) is 0 Å². The number of rotatable bonds is 3. The molecule has 1 aliphatic carbocycles. The molecule has 0 radical (unpaired) electrons. The van der Waals surface area contributed by atoms with Crippen molar-refractivity contribution < 1.29 is 4.74 Å². The first-order chi connectivity index (χ1) is 7.68. The van der Waals surface area contributed by atoms with E-state index >= 15 is 0 Å². The molecule has 0 spiro atoms. The van der Waals surface area contributed by atoms with Crippen LogP contribution in [0.2, 0.25) is 0 Å². The summed E-state index contributed by atoms with van der Waals surface area (Å²) < 4.78 is 5.59. The van der Waals surface area contributed by atoms with Crippen LogP contribution in [0.25, 0.3) is 0 Å². The van der Waals surface area contributed by atoms with Crippen LogP contribution in [0.4, 0.5) is 0 Å². The SMILES string of the molecule is CC1(C)CCCCC1NCC1CCC=CO1. The Morgan fingerprint density at radius 2 is 2.19 bits per heavy atom. The molecule has 2 unspecified atom stereocenters. The van der Waals surface area contributed by atoms with Crippen molar-refractivity contribution in [3.05, 3.63) is 12.3 Å². The minimum atomic E-state index is 0.391. The van der Waals surface area contributed by atoms with Crippen molar-refractivity contribution in [2.75, 3.05) is 6.54 Å². The first kappa shape index (κ1) is 12.0. The van der Waals surface area contributed by atoms with Crippen LogP contribution in [-0.2, 0) is 4.74 Å². The van der Waals surface area contributed by atoms with Gasteiger partial charge in [-0.2, -0.15) is 0 Å². The Hall–Kier alpha value is -0.500. The van der Waals surface area contributed by atoms with Gasteiger partial charge in [-0.1, -0.05) is 26.7 Å². The highest BCUT2D eigenvalue weighted by Gasteiger charge is 2.32. The predicted molar refractivity (Wildman–Crippen MR) is 67.3 cm³/mol. The van der Waals surface area contributed by atoms with E-state index in [4.69, 9.17) is 4.74 Å². The van der Waals surface area contributed by atoms with E-state index in [9.17, 15) is 0 Å². The van der Waals surface area contributed by atoms with Gasteiger partial charge in [0, 0.05) is 12.6 Å². The molecule has 2 aliphatic rings. The van der Waals surface area contributed by atoms with Gasteiger partial charge >= 0.3 is 0 Å². The molecule has 2 rings (SSSR count). The highest BCUT2D eigenvalue weighted by atomic mass is 16.5. The lowest BCUT2D eigenvalue weighted by atomic mass is 9.73. The minimum absolute atomic E-state index is 0.391. The molecule has 0 amide bonds. The van der Waals surface area contributed by atoms with Crippen LogP contribution in [0.5, 0.6) is 0 Å². The smallest absolute Gasteiger partial charge is 0.110 e. The van der Waals surface area contributed by atoms with Crippen molar-refractivity contribution >= 4 is 0 Å². The summed E-state index contributed by atoms with van der Waals surface area (Å²) in [5.74, 6) is 0. The highest BCUT2D eigenvalue weighted by Crippen LogP contribution is 2.35. The summed E-state index contributed by atoms with van der Waals surface area (Å²) in [5, 5.41) is 3.72. The Morgan fingerprint density at radius 3 is 2.88 bits per heavy atom. The molecule has 1 saturated carbocycles. The molecule has 0 aromatic carbocycles. The van der Waals surface area contributed by atoms with Gasteiger partial charge in [0.1, 0.15) is 6.10 Å². The molecule has 0 aromatic heterocycles. The fourth-order valence-corrected chi connectivity index (χ4v) is 2.88. The Balaban J connectivity index is 1.77. The zero-order valence-electron chi connectivity index (χ0n) is 10.7. The van der Waals surface area contributed by atoms with Gasteiger partial charge in [-0.15, -0.1) is 0 Å². The van der Waals surface area contributed by atoms with E-state index in [2.05, 4.69) is 25.2 Å². The summed E-state index contributed by atoms with van der Waals surface area (Å²) in [6, 6.07) is 0.677. The largest absolute Gasteiger partial charge is 0.497 e. The van der Waals surface area contributed by atoms with Crippen molar-refractivity contribution in [2.24, 2.45) is 5.41 Å². The maximum Gasteiger partial charge on any atom is 0.110 e. The first-order valence-electron chi connectivity index (χ1n) is 6.72. The maximum atomic E-state index is 5.59. The highest BCUT2D eigenvalue weighted by molar-refractivity contribution is 4.89. The molecule has 2 nitrogen and oxygen atoms in total. The van der Waals surface area contributed by atoms with Crippen LogP contribution in [0.15, 0.2) is 12.3 Å². The van der Waals surface area contributed by atoms with Crippen LogP contribution < -0.4 is 5.32 Å². The molecular weight excluding hydrogens is 198 g/mol. The van der Waals surface area contributed by atoms with Gasteiger partial charge in [0.05, 0.1) is 6.26 Å². The lowest BCUT2D eigenvalue weighted by Gasteiger charge is -2.40. The fraction of sp³-hybridized carbons (Fsp3) is 0.857. The van der Waals surface area contributed by atoms with E-state index in [0.29, 0.717) is 17.6 Å². The van der Waals surface area contributed by atoms with Gasteiger partial charge in [-0.3, -0.25) is 0 Å². The van der Waals surface area contributed by atoms with Crippen LogP contribution >= 0.6 is 0 Å². The number of hydrogen-bond donors (Lipinski definition) is 1. The Labute approximate surface area is 99.4 Å². The molecule has 1 aliphatic heterocycles. The Bertz CT molecular complexity index is 247. The molecular formula is C14H25NO.